The van der Waals surface area contributed by atoms with Gasteiger partial charge in [0, 0.05) is 26.4 Å². The van der Waals surface area contributed by atoms with E-state index >= 15 is 0 Å². The first kappa shape index (κ1) is 24.2. The Labute approximate surface area is 228 Å². The van der Waals surface area contributed by atoms with E-state index in [-0.39, 0.29) is 29.1 Å². The van der Waals surface area contributed by atoms with Crippen LogP contribution in [0, 0.1) is 5.92 Å². The number of rotatable bonds is 5. The molecule has 4 heterocycles. The standard InChI is InChI=1S/C26H18ClN3O4S3/c27-14-8-10-16(11-9-14)30-23(32)20-19(17-7-4-12-35-17)22-25(36-21(20)24(30)33)29(26(34)37-22)13-18(31)28-15-5-2-1-3-6-15/h1-12,19-21H,13H2,(H,28,31)/t19-,20?,21?/m0/s1. The lowest BCUT2D eigenvalue weighted by Gasteiger charge is -2.29. The number of fused-ring (bicyclic) bond motifs is 2. The van der Waals surface area contributed by atoms with Gasteiger partial charge in [-0.25, -0.2) is 4.90 Å². The lowest BCUT2D eigenvalue weighted by molar-refractivity contribution is -0.122. The highest BCUT2D eigenvalue weighted by atomic mass is 35.5. The quantitative estimate of drug-likeness (QED) is 0.341. The first-order valence-corrected chi connectivity index (χ1v) is 14.3. The molecule has 37 heavy (non-hydrogen) atoms. The number of hydrogen-bond donors (Lipinski definition) is 1. The van der Waals surface area contributed by atoms with Gasteiger partial charge in [0.15, 0.2) is 0 Å². The van der Waals surface area contributed by atoms with Crippen LogP contribution in [0.25, 0.3) is 0 Å². The number of amides is 3. The fraction of sp³-hybridized carbons (Fsp3) is 0.154. The van der Waals surface area contributed by atoms with Crippen LogP contribution in [0.2, 0.25) is 5.02 Å². The average molecular weight is 568 g/mol. The largest absolute Gasteiger partial charge is 0.325 e. The number of nitrogens with zero attached hydrogens (tertiary/aromatic N) is 2. The third-order valence-electron chi connectivity index (χ3n) is 6.34. The molecule has 1 N–H and O–H groups in total. The molecule has 6 rings (SSSR count). The van der Waals surface area contributed by atoms with Gasteiger partial charge in [-0.1, -0.05) is 59.0 Å². The van der Waals surface area contributed by atoms with Gasteiger partial charge in [0.05, 0.1) is 16.6 Å². The lowest BCUT2D eigenvalue weighted by Crippen LogP contribution is -2.32. The summed E-state index contributed by atoms with van der Waals surface area (Å²) in [6.45, 7) is -0.190. The van der Waals surface area contributed by atoms with Crippen molar-refractivity contribution in [3.05, 3.63) is 96.6 Å². The topological polar surface area (TPSA) is 88.5 Å². The minimum absolute atomic E-state index is 0.190. The van der Waals surface area contributed by atoms with Crippen LogP contribution in [0.15, 0.2) is 81.9 Å². The molecule has 2 aromatic carbocycles. The second-order valence-electron chi connectivity index (χ2n) is 8.58. The summed E-state index contributed by atoms with van der Waals surface area (Å²) in [5.74, 6) is -2.10. The van der Waals surface area contributed by atoms with Crippen LogP contribution >= 0.6 is 46.0 Å². The van der Waals surface area contributed by atoms with Crippen LogP contribution in [0.5, 0.6) is 0 Å². The van der Waals surface area contributed by atoms with Gasteiger partial charge in [0.1, 0.15) is 11.8 Å². The van der Waals surface area contributed by atoms with E-state index in [1.165, 1.54) is 32.6 Å². The van der Waals surface area contributed by atoms with Gasteiger partial charge in [-0.05, 0) is 47.8 Å². The maximum atomic E-state index is 13.7. The van der Waals surface area contributed by atoms with Crippen LogP contribution in [-0.2, 0) is 20.9 Å². The van der Waals surface area contributed by atoms with Crippen molar-refractivity contribution < 1.29 is 14.4 Å². The maximum absolute atomic E-state index is 13.7. The number of para-hydroxylation sites is 1. The molecule has 1 fully saturated rings. The Morgan fingerprint density at radius 1 is 0.946 bits per heavy atom. The van der Waals surface area contributed by atoms with Gasteiger partial charge < -0.3 is 5.32 Å². The van der Waals surface area contributed by atoms with Crippen LogP contribution in [0.1, 0.15) is 15.7 Å². The smallest absolute Gasteiger partial charge is 0.308 e. The number of imide groups is 1. The third kappa shape index (κ3) is 4.23. The van der Waals surface area contributed by atoms with Crippen LogP contribution in [0.3, 0.4) is 0 Å². The number of anilines is 2. The average Bonchev–Trinajstić information content (AvgIpc) is 3.58. The zero-order valence-corrected chi connectivity index (χ0v) is 22.2. The Kier molecular flexibility index (Phi) is 6.28. The zero-order chi connectivity index (χ0) is 25.7. The molecule has 1 saturated heterocycles. The molecule has 0 spiro atoms. The second kappa shape index (κ2) is 9.60. The molecule has 11 heteroatoms. The molecule has 0 aliphatic carbocycles. The molecule has 2 aliphatic rings. The molecular weight excluding hydrogens is 550 g/mol. The summed E-state index contributed by atoms with van der Waals surface area (Å²) >= 11 is 9.74. The summed E-state index contributed by atoms with van der Waals surface area (Å²) in [4.78, 5) is 55.8. The van der Waals surface area contributed by atoms with Crippen molar-refractivity contribution in [2.45, 2.75) is 22.7 Å². The zero-order valence-electron chi connectivity index (χ0n) is 19.0. The molecule has 2 unspecified atom stereocenters. The van der Waals surface area contributed by atoms with Crippen LogP contribution < -0.4 is 15.1 Å². The van der Waals surface area contributed by atoms with Gasteiger partial charge >= 0.3 is 4.87 Å². The minimum atomic E-state index is -0.722. The minimum Gasteiger partial charge on any atom is -0.325 e. The number of nitrogens with one attached hydrogen (secondary N) is 1. The van der Waals surface area contributed by atoms with E-state index in [2.05, 4.69) is 5.32 Å². The van der Waals surface area contributed by atoms with E-state index in [0.29, 0.717) is 26.3 Å². The Morgan fingerprint density at radius 2 is 1.70 bits per heavy atom. The van der Waals surface area contributed by atoms with Crippen molar-refractivity contribution in [2.75, 3.05) is 10.2 Å². The molecule has 0 radical (unpaired) electrons. The Hall–Kier alpha value is -3.18. The van der Waals surface area contributed by atoms with E-state index in [0.717, 1.165) is 16.2 Å². The van der Waals surface area contributed by atoms with E-state index in [4.69, 9.17) is 11.6 Å². The molecule has 3 atom stereocenters. The van der Waals surface area contributed by atoms with Crippen molar-refractivity contribution in [3.8, 4) is 0 Å². The van der Waals surface area contributed by atoms with Crippen LogP contribution in [-0.4, -0.2) is 27.5 Å². The predicted molar refractivity (Wildman–Crippen MR) is 147 cm³/mol. The van der Waals surface area contributed by atoms with Crippen molar-refractivity contribution in [1.29, 1.82) is 0 Å². The highest BCUT2D eigenvalue weighted by Crippen LogP contribution is 2.54. The highest BCUT2D eigenvalue weighted by molar-refractivity contribution is 8.00. The highest BCUT2D eigenvalue weighted by Gasteiger charge is 2.57. The van der Waals surface area contributed by atoms with Crippen molar-refractivity contribution in [3.63, 3.8) is 0 Å². The summed E-state index contributed by atoms with van der Waals surface area (Å²) in [6, 6.07) is 19.4. The number of halogens is 1. The summed E-state index contributed by atoms with van der Waals surface area (Å²) in [5.41, 5.74) is 1.09. The Bertz CT molecular complexity index is 1560. The molecule has 2 aliphatic heterocycles. The monoisotopic (exact) mass is 567 g/mol. The van der Waals surface area contributed by atoms with Gasteiger partial charge in [-0.15, -0.1) is 11.3 Å². The van der Waals surface area contributed by atoms with Crippen molar-refractivity contribution in [1.82, 2.24) is 4.57 Å². The summed E-state index contributed by atoms with van der Waals surface area (Å²) < 4.78 is 1.42. The van der Waals surface area contributed by atoms with Crippen LogP contribution in [0.4, 0.5) is 11.4 Å². The number of aromatic nitrogens is 1. The van der Waals surface area contributed by atoms with E-state index in [9.17, 15) is 19.2 Å². The van der Waals surface area contributed by atoms with E-state index < -0.39 is 17.1 Å². The summed E-state index contributed by atoms with van der Waals surface area (Å²) in [7, 11) is 0. The number of thioether (sulfide) groups is 1. The first-order valence-electron chi connectivity index (χ1n) is 11.3. The van der Waals surface area contributed by atoms with Crippen molar-refractivity contribution in [2.24, 2.45) is 5.92 Å². The number of thiazole rings is 1. The van der Waals surface area contributed by atoms with E-state index in [1.807, 2.05) is 35.7 Å². The molecule has 0 bridgehead atoms. The SMILES string of the molecule is O=C(Cn1c2c(sc1=O)[C@@H](c1cccs1)C1C(=O)N(c3ccc(Cl)cc3)C(=O)C1S2)Nc1ccccc1. The number of hydrogen-bond acceptors (Lipinski definition) is 7. The van der Waals surface area contributed by atoms with Crippen molar-refractivity contribution >= 4 is 75.1 Å². The molecule has 186 valence electrons. The maximum Gasteiger partial charge on any atom is 0.308 e. The number of carbonyl (C=O) groups is 3. The predicted octanol–water partition coefficient (Wildman–Crippen LogP) is 5.06. The van der Waals surface area contributed by atoms with Gasteiger partial charge in [-0.3, -0.25) is 23.7 Å². The first-order chi connectivity index (χ1) is 17.9. The lowest BCUT2D eigenvalue weighted by atomic mass is 9.87. The third-order valence-corrected chi connectivity index (χ3v) is 10.2. The Morgan fingerprint density at radius 3 is 2.41 bits per heavy atom. The molecule has 0 saturated carbocycles. The fourth-order valence-corrected chi connectivity index (χ4v) is 8.59. The summed E-state index contributed by atoms with van der Waals surface area (Å²) in [5, 5.41) is 5.07. The number of carbonyl (C=O) groups excluding carboxylic acids is 3. The van der Waals surface area contributed by atoms with Gasteiger partial charge in [0.25, 0.3) is 0 Å². The van der Waals surface area contributed by atoms with Gasteiger partial charge in [0.2, 0.25) is 17.7 Å². The summed E-state index contributed by atoms with van der Waals surface area (Å²) in [6.07, 6.45) is 0. The molecular formula is C26H18ClN3O4S3. The van der Waals surface area contributed by atoms with E-state index in [1.54, 1.807) is 36.4 Å². The molecule has 2 aromatic heterocycles. The number of thiophene rings is 1. The normalized spacial score (nSPS) is 20.6. The fourth-order valence-electron chi connectivity index (χ4n) is 4.74. The van der Waals surface area contributed by atoms with Gasteiger partial charge in [-0.2, -0.15) is 0 Å². The second-order valence-corrected chi connectivity index (χ2v) is 12.1. The number of benzene rings is 2. The molecule has 4 aromatic rings. The molecule has 3 amide bonds. The Balaban J connectivity index is 1.39. The molecule has 7 nitrogen and oxygen atoms in total.